The summed E-state index contributed by atoms with van der Waals surface area (Å²) in [5.74, 6) is 1.09. The Bertz CT molecular complexity index is 361. The predicted molar refractivity (Wildman–Crippen MR) is 69.1 cm³/mol. The van der Waals surface area contributed by atoms with E-state index in [0.29, 0.717) is 24.2 Å². The van der Waals surface area contributed by atoms with Gasteiger partial charge in [0.15, 0.2) is 0 Å². The summed E-state index contributed by atoms with van der Waals surface area (Å²) in [6, 6.07) is 0.584. The monoisotopic (exact) mass is 274 g/mol. The Labute approximate surface area is 112 Å². The zero-order valence-electron chi connectivity index (χ0n) is 10.4. The van der Waals surface area contributed by atoms with Gasteiger partial charge in [-0.25, -0.2) is 0 Å². The van der Waals surface area contributed by atoms with E-state index >= 15 is 0 Å². The Morgan fingerprint density at radius 2 is 2.11 bits per heavy atom. The second-order valence-electron chi connectivity index (χ2n) is 4.32. The number of aromatic nitrogens is 2. The number of anilines is 1. The molecule has 0 aromatic carbocycles. The summed E-state index contributed by atoms with van der Waals surface area (Å²) in [5.41, 5.74) is 0. The van der Waals surface area contributed by atoms with Crippen molar-refractivity contribution >= 4 is 17.6 Å². The first kappa shape index (κ1) is 13.6. The lowest BCUT2D eigenvalue weighted by atomic mass is 10.4. The Balaban J connectivity index is 1.92. The number of aliphatic hydroxyl groups is 1. The number of hydrogen-bond donors (Lipinski definition) is 1. The summed E-state index contributed by atoms with van der Waals surface area (Å²) >= 11 is 5.64. The average Bonchev–Trinajstić information content (AvgIpc) is 2.70. The number of alkyl halides is 1. The van der Waals surface area contributed by atoms with Gasteiger partial charge in [-0.2, -0.15) is 0 Å². The molecule has 0 radical (unpaired) electrons. The van der Waals surface area contributed by atoms with Gasteiger partial charge in [-0.15, -0.1) is 16.7 Å². The van der Waals surface area contributed by atoms with E-state index in [1.54, 1.807) is 0 Å². The van der Waals surface area contributed by atoms with Gasteiger partial charge in [0.2, 0.25) is 5.89 Å². The van der Waals surface area contributed by atoms with Gasteiger partial charge in [0.05, 0.1) is 6.61 Å². The highest BCUT2D eigenvalue weighted by atomic mass is 35.5. The van der Waals surface area contributed by atoms with Crippen LogP contribution in [0.4, 0.5) is 6.01 Å². The van der Waals surface area contributed by atoms with Crippen molar-refractivity contribution in [2.24, 2.45) is 0 Å². The van der Waals surface area contributed by atoms with E-state index in [4.69, 9.17) is 21.1 Å². The molecular formula is C11H19ClN4O2. The molecule has 102 valence electrons. The Morgan fingerprint density at radius 3 is 2.89 bits per heavy atom. The van der Waals surface area contributed by atoms with Gasteiger partial charge in [0.1, 0.15) is 0 Å². The third-order valence-electron chi connectivity index (χ3n) is 3.04. The fraction of sp³-hybridized carbons (Fsp3) is 0.818. The minimum Gasteiger partial charge on any atom is -0.408 e. The van der Waals surface area contributed by atoms with Crippen molar-refractivity contribution in [1.82, 2.24) is 15.1 Å². The van der Waals surface area contributed by atoms with E-state index in [0.717, 1.165) is 39.1 Å². The number of hydrogen-bond acceptors (Lipinski definition) is 6. The van der Waals surface area contributed by atoms with Crippen LogP contribution in [0, 0.1) is 0 Å². The number of aliphatic hydroxyl groups excluding tert-OH is 1. The molecule has 0 atom stereocenters. The molecule has 0 aliphatic carbocycles. The van der Waals surface area contributed by atoms with Gasteiger partial charge in [0.25, 0.3) is 0 Å². The van der Waals surface area contributed by atoms with E-state index in [-0.39, 0.29) is 6.61 Å². The standard InChI is InChI=1S/C11H19ClN4O2/c12-3-2-10-13-14-11(18-10)16-5-1-4-15(6-7-16)8-9-17/h17H,1-9H2. The van der Waals surface area contributed by atoms with Gasteiger partial charge in [-0.05, 0) is 13.0 Å². The zero-order valence-corrected chi connectivity index (χ0v) is 11.1. The molecule has 1 aromatic heterocycles. The quantitative estimate of drug-likeness (QED) is 0.782. The Morgan fingerprint density at radius 1 is 1.22 bits per heavy atom. The van der Waals surface area contributed by atoms with Gasteiger partial charge in [-0.3, -0.25) is 4.90 Å². The van der Waals surface area contributed by atoms with E-state index < -0.39 is 0 Å². The number of aryl methyl sites for hydroxylation is 1. The largest absolute Gasteiger partial charge is 0.408 e. The number of halogens is 1. The van der Waals surface area contributed by atoms with Crippen LogP contribution in [0.15, 0.2) is 4.42 Å². The van der Waals surface area contributed by atoms with E-state index in [9.17, 15) is 0 Å². The van der Waals surface area contributed by atoms with Gasteiger partial charge >= 0.3 is 6.01 Å². The van der Waals surface area contributed by atoms with Crippen molar-refractivity contribution in [2.45, 2.75) is 12.8 Å². The van der Waals surface area contributed by atoms with Crippen LogP contribution in [0.2, 0.25) is 0 Å². The molecule has 7 heteroatoms. The van der Waals surface area contributed by atoms with Gasteiger partial charge in [0, 0.05) is 38.5 Å². The second-order valence-corrected chi connectivity index (χ2v) is 4.70. The molecule has 1 aromatic rings. The third-order valence-corrected chi connectivity index (χ3v) is 3.23. The van der Waals surface area contributed by atoms with Crippen molar-refractivity contribution in [2.75, 3.05) is 50.1 Å². The molecule has 1 fully saturated rings. The summed E-state index contributed by atoms with van der Waals surface area (Å²) in [6.07, 6.45) is 1.65. The fourth-order valence-electron chi connectivity index (χ4n) is 2.08. The SMILES string of the molecule is OCCN1CCCN(c2nnc(CCCl)o2)CC1. The summed E-state index contributed by atoms with van der Waals surface area (Å²) in [7, 11) is 0. The van der Waals surface area contributed by atoms with Crippen LogP contribution in [0.25, 0.3) is 0 Å². The molecule has 0 bridgehead atoms. The molecule has 1 aliphatic rings. The number of nitrogens with zero attached hydrogens (tertiary/aromatic N) is 4. The normalized spacial score (nSPS) is 18.0. The van der Waals surface area contributed by atoms with Crippen molar-refractivity contribution in [3.8, 4) is 0 Å². The topological polar surface area (TPSA) is 65.6 Å². The summed E-state index contributed by atoms with van der Waals surface area (Å²) in [6.45, 7) is 4.61. The molecule has 2 heterocycles. The van der Waals surface area contributed by atoms with Crippen molar-refractivity contribution in [3.05, 3.63) is 5.89 Å². The lowest BCUT2D eigenvalue weighted by molar-refractivity contribution is 0.204. The van der Waals surface area contributed by atoms with Crippen molar-refractivity contribution in [3.63, 3.8) is 0 Å². The highest BCUT2D eigenvalue weighted by Crippen LogP contribution is 2.15. The lowest BCUT2D eigenvalue weighted by Crippen LogP contribution is -2.32. The molecule has 0 unspecified atom stereocenters. The van der Waals surface area contributed by atoms with Crippen LogP contribution in [-0.4, -0.2) is 65.4 Å². The maximum Gasteiger partial charge on any atom is 0.318 e. The minimum absolute atomic E-state index is 0.209. The Hall–Kier alpha value is -0.850. The smallest absolute Gasteiger partial charge is 0.318 e. The first-order valence-electron chi connectivity index (χ1n) is 6.30. The van der Waals surface area contributed by atoms with Crippen LogP contribution < -0.4 is 4.90 Å². The summed E-state index contributed by atoms with van der Waals surface area (Å²) in [5, 5.41) is 17.0. The molecule has 2 rings (SSSR count). The van der Waals surface area contributed by atoms with E-state index in [2.05, 4.69) is 20.0 Å². The molecule has 18 heavy (non-hydrogen) atoms. The molecule has 6 nitrogen and oxygen atoms in total. The van der Waals surface area contributed by atoms with Gasteiger partial charge in [-0.1, -0.05) is 5.10 Å². The van der Waals surface area contributed by atoms with Crippen LogP contribution in [0.1, 0.15) is 12.3 Å². The molecule has 0 amide bonds. The first-order valence-corrected chi connectivity index (χ1v) is 6.83. The maximum absolute atomic E-state index is 8.95. The third kappa shape index (κ3) is 3.57. The summed E-state index contributed by atoms with van der Waals surface area (Å²) in [4.78, 5) is 4.35. The minimum atomic E-state index is 0.209. The average molecular weight is 275 g/mol. The van der Waals surface area contributed by atoms with Crippen molar-refractivity contribution < 1.29 is 9.52 Å². The molecule has 1 N–H and O–H groups in total. The zero-order chi connectivity index (χ0) is 12.8. The highest BCUT2D eigenvalue weighted by molar-refractivity contribution is 6.17. The van der Waals surface area contributed by atoms with Crippen LogP contribution in [0.3, 0.4) is 0 Å². The summed E-state index contributed by atoms with van der Waals surface area (Å²) < 4.78 is 5.57. The van der Waals surface area contributed by atoms with Gasteiger partial charge < -0.3 is 14.4 Å². The first-order chi connectivity index (χ1) is 8.83. The Kier molecular flexibility index (Phi) is 5.22. The fourth-order valence-corrected chi connectivity index (χ4v) is 2.24. The predicted octanol–water partition coefficient (Wildman–Crippen LogP) is 0.355. The molecule has 1 saturated heterocycles. The second kappa shape index (κ2) is 6.92. The van der Waals surface area contributed by atoms with E-state index in [1.807, 2.05) is 0 Å². The lowest BCUT2D eigenvalue weighted by Gasteiger charge is -2.19. The van der Waals surface area contributed by atoms with Crippen LogP contribution >= 0.6 is 11.6 Å². The molecule has 0 saturated carbocycles. The molecule has 1 aliphatic heterocycles. The molecule has 0 spiro atoms. The van der Waals surface area contributed by atoms with Crippen LogP contribution in [-0.2, 0) is 6.42 Å². The van der Waals surface area contributed by atoms with Crippen LogP contribution in [0.5, 0.6) is 0 Å². The molecular weight excluding hydrogens is 256 g/mol. The number of rotatable bonds is 5. The van der Waals surface area contributed by atoms with E-state index in [1.165, 1.54) is 0 Å². The van der Waals surface area contributed by atoms with Crippen molar-refractivity contribution in [1.29, 1.82) is 0 Å². The number of β-amino-alcohol motifs (C(OH)–C–C–N with tert-alkyl or cyclic N) is 1. The highest BCUT2D eigenvalue weighted by Gasteiger charge is 2.18. The maximum atomic E-state index is 8.95.